The molecule has 2 aliphatic rings. The summed E-state index contributed by atoms with van der Waals surface area (Å²) in [6.07, 6.45) is -0.517. The molecule has 2 fully saturated rings. The van der Waals surface area contributed by atoms with Gasteiger partial charge in [-0.2, -0.15) is 18.4 Å². The van der Waals surface area contributed by atoms with Crippen molar-refractivity contribution < 1.29 is 21.6 Å². The molecule has 4 nitrogen and oxygen atoms in total. The molecular weight excluding hydrogens is 473 g/mol. The third kappa shape index (κ3) is 4.64. The fourth-order valence-corrected chi connectivity index (χ4v) is 6.64. The molecule has 1 aliphatic carbocycles. The van der Waals surface area contributed by atoms with Gasteiger partial charge in [0.2, 0.25) is 10.0 Å². The molecule has 33 heavy (non-hydrogen) atoms. The summed E-state index contributed by atoms with van der Waals surface area (Å²) in [5, 5.41) is 9.43. The van der Waals surface area contributed by atoms with Crippen molar-refractivity contribution in [1.29, 1.82) is 5.26 Å². The Morgan fingerprint density at radius 3 is 2.55 bits per heavy atom. The number of hydrogen-bond acceptors (Lipinski definition) is 3. The van der Waals surface area contributed by atoms with Crippen LogP contribution in [0.5, 0.6) is 0 Å². The summed E-state index contributed by atoms with van der Waals surface area (Å²) in [4.78, 5) is 0. The molecule has 0 N–H and O–H groups in total. The van der Waals surface area contributed by atoms with E-state index in [1.165, 1.54) is 22.7 Å². The molecule has 0 amide bonds. The third-order valence-corrected chi connectivity index (χ3v) is 8.92. The summed E-state index contributed by atoms with van der Waals surface area (Å²) in [5.41, 5.74) is 0.127. The second-order valence-corrected chi connectivity index (χ2v) is 11.7. The first-order valence-corrected chi connectivity index (χ1v) is 12.9. The second-order valence-electron chi connectivity index (χ2n) is 9.34. The lowest BCUT2D eigenvalue weighted by molar-refractivity contribution is -0.138. The monoisotopic (exact) mass is 496 g/mol. The maximum atomic E-state index is 13.7. The average Bonchev–Trinajstić information content (AvgIpc) is 3.09. The molecule has 0 unspecified atom stereocenters. The van der Waals surface area contributed by atoms with E-state index in [1.807, 2.05) is 12.1 Å². The molecule has 2 aromatic carbocycles. The highest BCUT2D eigenvalue weighted by atomic mass is 35.5. The van der Waals surface area contributed by atoms with E-state index in [1.54, 1.807) is 18.2 Å². The van der Waals surface area contributed by atoms with E-state index >= 15 is 0 Å². The van der Waals surface area contributed by atoms with Gasteiger partial charge in [0.1, 0.15) is 6.07 Å². The van der Waals surface area contributed by atoms with Gasteiger partial charge in [0.25, 0.3) is 0 Å². The third-order valence-electron chi connectivity index (χ3n) is 7.36. The van der Waals surface area contributed by atoms with Crippen LogP contribution < -0.4 is 0 Å². The Bertz CT molecular complexity index is 1220. The van der Waals surface area contributed by atoms with E-state index < -0.39 is 27.2 Å². The van der Waals surface area contributed by atoms with Crippen LogP contribution in [-0.2, 0) is 29.0 Å². The number of aryl methyl sites for hydroxylation is 1. The van der Waals surface area contributed by atoms with Crippen LogP contribution in [0.15, 0.2) is 42.5 Å². The fourth-order valence-electron chi connectivity index (χ4n) is 5.49. The normalized spacial score (nSPS) is 25.3. The predicted molar refractivity (Wildman–Crippen MR) is 120 cm³/mol. The van der Waals surface area contributed by atoms with Crippen molar-refractivity contribution in [1.82, 2.24) is 4.31 Å². The topological polar surface area (TPSA) is 61.2 Å². The van der Waals surface area contributed by atoms with E-state index in [0.29, 0.717) is 49.4 Å². The molecule has 4 rings (SSSR count). The van der Waals surface area contributed by atoms with Crippen LogP contribution >= 0.6 is 11.6 Å². The number of sulfonamides is 1. The van der Waals surface area contributed by atoms with Crippen LogP contribution in [0.1, 0.15) is 41.5 Å². The number of nitrogens with zero attached hydrogens (tertiary/aromatic N) is 2. The van der Waals surface area contributed by atoms with Gasteiger partial charge in [0.15, 0.2) is 0 Å². The van der Waals surface area contributed by atoms with Gasteiger partial charge in [-0.3, -0.25) is 0 Å². The zero-order chi connectivity index (χ0) is 24.1. The lowest BCUT2D eigenvalue weighted by atomic mass is 9.80. The number of halogens is 4. The van der Waals surface area contributed by atoms with Crippen LogP contribution in [0, 0.1) is 22.2 Å². The van der Waals surface area contributed by atoms with Crippen LogP contribution in [0.3, 0.4) is 0 Å². The van der Waals surface area contributed by atoms with E-state index in [2.05, 4.69) is 0 Å². The molecule has 9 heteroatoms. The Labute approximate surface area is 197 Å². The van der Waals surface area contributed by atoms with Gasteiger partial charge in [-0.1, -0.05) is 35.9 Å². The minimum Gasteiger partial charge on any atom is -0.213 e. The number of alkyl halides is 3. The van der Waals surface area contributed by atoms with Gasteiger partial charge in [-0.15, -0.1) is 0 Å². The van der Waals surface area contributed by atoms with Crippen LogP contribution in [0.4, 0.5) is 13.2 Å². The molecule has 1 saturated carbocycles. The van der Waals surface area contributed by atoms with Gasteiger partial charge in [0.05, 0.1) is 22.4 Å². The summed E-state index contributed by atoms with van der Waals surface area (Å²) < 4.78 is 66.7. The Morgan fingerprint density at radius 1 is 1.21 bits per heavy atom. The Balaban J connectivity index is 1.64. The number of benzene rings is 2. The number of hydrogen-bond donors (Lipinski definition) is 0. The second kappa shape index (κ2) is 8.30. The first-order valence-electron chi connectivity index (χ1n) is 10.7. The molecule has 176 valence electrons. The highest BCUT2D eigenvalue weighted by Crippen LogP contribution is 2.72. The highest BCUT2D eigenvalue weighted by Gasteiger charge is 2.68. The summed E-state index contributed by atoms with van der Waals surface area (Å²) in [6, 6.07) is 12.8. The maximum Gasteiger partial charge on any atom is 0.416 e. The highest BCUT2D eigenvalue weighted by molar-refractivity contribution is 7.88. The zero-order valence-electron chi connectivity index (χ0n) is 18.1. The van der Waals surface area contributed by atoms with Crippen molar-refractivity contribution in [3.05, 3.63) is 69.7 Å². The summed E-state index contributed by atoms with van der Waals surface area (Å²) in [6.45, 7) is 0.734. The molecular formula is C24H24ClF3N2O2S. The minimum atomic E-state index is -4.45. The summed E-state index contributed by atoms with van der Waals surface area (Å²) in [5.74, 6) is 0. The number of nitriles is 1. The van der Waals surface area contributed by atoms with E-state index in [9.17, 15) is 21.6 Å². The summed E-state index contributed by atoms with van der Waals surface area (Å²) in [7, 11) is -3.36. The molecule has 1 aliphatic heterocycles. The van der Waals surface area contributed by atoms with Crippen molar-refractivity contribution in [2.45, 2.75) is 38.3 Å². The van der Waals surface area contributed by atoms with Gasteiger partial charge in [-0.25, -0.2) is 12.7 Å². The van der Waals surface area contributed by atoms with Crippen molar-refractivity contribution in [3.63, 3.8) is 0 Å². The predicted octanol–water partition coefficient (Wildman–Crippen LogP) is 5.45. The van der Waals surface area contributed by atoms with Crippen LogP contribution in [-0.4, -0.2) is 32.1 Å². The van der Waals surface area contributed by atoms with E-state index in [0.717, 1.165) is 11.6 Å². The van der Waals surface area contributed by atoms with Gasteiger partial charge in [-0.05, 0) is 72.3 Å². The van der Waals surface area contributed by atoms with Crippen molar-refractivity contribution in [2.75, 3.05) is 19.3 Å². The first kappa shape index (κ1) is 24.1. The molecule has 0 radical (unpaired) electrons. The molecule has 0 aromatic heterocycles. The Morgan fingerprint density at radius 2 is 1.94 bits per heavy atom. The van der Waals surface area contributed by atoms with Gasteiger partial charge >= 0.3 is 6.18 Å². The van der Waals surface area contributed by atoms with Gasteiger partial charge in [0, 0.05) is 13.1 Å². The minimum absolute atomic E-state index is 0.240. The molecule has 2 aromatic rings. The quantitative estimate of drug-likeness (QED) is 0.534. The largest absolute Gasteiger partial charge is 0.416 e. The smallest absolute Gasteiger partial charge is 0.213 e. The van der Waals surface area contributed by atoms with E-state index in [4.69, 9.17) is 16.9 Å². The van der Waals surface area contributed by atoms with Crippen molar-refractivity contribution in [2.24, 2.45) is 10.8 Å². The standard InChI is InChI=1S/C24H24ClF3N2O2S/c1-33(31,32)30-11-10-23(16-30)15-22(23,9-8-17-6-7-19(14-29)21(25)12-17)13-18-4-2-3-5-20(18)24(26,27)28/h2-7,12H,8-11,13,15-16H2,1H3/t22-,23+/m1/s1. The lowest BCUT2D eigenvalue weighted by Crippen LogP contribution is -2.29. The average molecular weight is 497 g/mol. The molecule has 1 saturated heterocycles. The Hall–Kier alpha value is -2.08. The van der Waals surface area contributed by atoms with E-state index in [-0.39, 0.29) is 17.4 Å². The first-order chi connectivity index (χ1) is 15.4. The maximum absolute atomic E-state index is 13.7. The number of rotatable bonds is 6. The lowest BCUT2D eigenvalue weighted by Gasteiger charge is -2.25. The van der Waals surface area contributed by atoms with Crippen LogP contribution in [0.2, 0.25) is 5.02 Å². The molecule has 0 bridgehead atoms. The van der Waals surface area contributed by atoms with Crippen molar-refractivity contribution in [3.8, 4) is 6.07 Å². The molecule has 1 spiro atoms. The Kier molecular flexibility index (Phi) is 6.05. The van der Waals surface area contributed by atoms with Gasteiger partial charge < -0.3 is 0 Å². The van der Waals surface area contributed by atoms with Crippen LogP contribution in [0.25, 0.3) is 0 Å². The van der Waals surface area contributed by atoms with Crippen molar-refractivity contribution >= 4 is 21.6 Å². The SMILES string of the molecule is CS(=O)(=O)N1CC[C@@]2(C1)C[C@@]2(CCc1ccc(C#N)c(Cl)c1)Cc1ccccc1C(F)(F)F. The molecule has 2 atom stereocenters. The fraction of sp³-hybridized carbons (Fsp3) is 0.458. The zero-order valence-corrected chi connectivity index (χ0v) is 19.7. The molecule has 1 heterocycles. The summed E-state index contributed by atoms with van der Waals surface area (Å²) >= 11 is 6.16.